The number of aromatic nitrogens is 4. The lowest BCUT2D eigenvalue weighted by Gasteiger charge is -2.11. The molecular formula is C24H28N6O3. The summed E-state index contributed by atoms with van der Waals surface area (Å²) in [5, 5.41) is 11.5. The highest BCUT2D eigenvalue weighted by Gasteiger charge is 2.17. The number of benzene rings is 2. The van der Waals surface area contributed by atoms with E-state index in [1.807, 2.05) is 48.7 Å². The van der Waals surface area contributed by atoms with Crippen LogP contribution in [0.3, 0.4) is 0 Å². The zero-order chi connectivity index (χ0) is 23.2. The minimum atomic E-state index is -0.471. The number of nitrogens with two attached hydrogens (primary N) is 1. The van der Waals surface area contributed by atoms with Crippen LogP contribution in [-0.2, 0) is 17.8 Å². The van der Waals surface area contributed by atoms with Crippen molar-refractivity contribution in [2.45, 2.75) is 33.4 Å². The Hall–Kier alpha value is -4.01. The zero-order valence-corrected chi connectivity index (χ0v) is 18.8. The first-order valence-corrected chi connectivity index (χ1v) is 11.0. The average molecular weight is 449 g/mol. The number of nitrogens with zero attached hydrogens (tertiary/aromatic N) is 4. The minimum absolute atomic E-state index is 0.324. The standard InChI is InChI=1S/C24H28N6O3/c1-3-30-21-16-19(33-15-5-13-29-14-12-26-28-29)10-11-20(21)22(25)23(30)17-6-8-18(9-7-17)27-24(31)32-4-2/h6-12,14,16H,3-5,13,15,25H2,1-2H3,(H,27,31). The molecule has 0 saturated heterocycles. The second-order valence-corrected chi connectivity index (χ2v) is 7.48. The lowest BCUT2D eigenvalue weighted by atomic mass is 10.1. The SMILES string of the molecule is CCOC(=O)Nc1ccc(-c2c(N)c3ccc(OCCCn4ccnn4)cc3n2CC)cc1. The fourth-order valence-corrected chi connectivity index (χ4v) is 3.85. The molecule has 3 N–H and O–H groups in total. The Balaban J connectivity index is 1.53. The van der Waals surface area contributed by atoms with E-state index in [-0.39, 0.29) is 0 Å². The lowest BCUT2D eigenvalue weighted by Crippen LogP contribution is -2.13. The highest BCUT2D eigenvalue weighted by molar-refractivity contribution is 6.01. The van der Waals surface area contributed by atoms with Gasteiger partial charge in [-0.3, -0.25) is 10.00 Å². The van der Waals surface area contributed by atoms with Crippen LogP contribution in [0, 0.1) is 0 Å². The number of hydrogen-bond donors (Lipinski definition) is 2. The first-order chi connectivity index (χ1) is 16.1. The summed E-state index contributed by atoms with van der Waals surface area (Å²) in [4.78, 5) is 11.6. The fourth-order valence-electron chi connectivity index (χ4n) is 3.85. The summed E-state index contributed by atoms with van der Waals surface area (Å²) >= 11 is 0. The molecule has 0 fully saturated rings. The molecule has 33 heavy (non-hydrogen) atoms. The Morgan fingerprint density at radius 3 is 2.67 bits per heavy atom. The van der Waals surface area contributed by atoms with Gasteiger partial charge in [-0.2, -0.15) is 0 Å². The molecule has 0 unspecified atom stereocenters. The van der Waals surface area contributed by atoms with Gasteiger partial charge in [0.05, 0.1) is 36.3 Å². The van der Waals surface area contributed by atoms with E-state index in [1.54, 1.807) is 17.8 Å². The van der Waals surface area contributed by atoms with Gasteiger partial charge in [0.2, 0.25) is 0 Å². The van der Waals surface area contributed by atoms with Crippen LogP contribution in [0.1, 0.15) is 20.3 Å². The van der Waals surface area contributed by atoms with E-state index in [2.05, 4.69) is 27.1 Å². The van der Waals surface area contributed by atoms with E-state index < -0.39 is 6.09 Å². The first kappa shape index (κ1) is 22.2. The Labute approximate surface area is 192 Å². The van der Waals surface area contributed by atoms with Gasteiger partial charge in [0.15, 0.2) is 0 Å². The summed E-state index contributed by atoms with van der Waals surface area (Å²) < 4.78 is 14.9. The van der Waals surface area contributed by atoms with Crippen LogP contribution < -0.4 is 15.8 Å². The van der Waals surface area contributed by atoms with Gasteiger partial charge in [0.25, 0.3) is 0 Å². The third kappa shape index (κ3) is 4.92. The molecule has 2 heterocycles. The number of carbonyl (C=O) groups excluding carboxylic acids is 1. The van der Waals surface area contributed by atoms with Crippen molar-refractivity contribution in [1.29, 1.82) is 0 Å². The van der Waals surface area contributed by atoms with Gasteiger partial charge in [-0.05, 0) is 38.1 Å². The van der Waals surface area contributed by atoms with Crippen molar-refractivity contribution >= 4 is 28.4 Å². The molecule has 0 aliphatic carbocycles. The van der Waals surface area contributed by atoms with E-state index in [0.717, 1.165) is 53.1 Å². The van der Waals surface area contributed by atoms with E-state index in [4.69, 9.17) is 15.2 Å². The number of amides is 1. The van der Waals surface area contributed by atoms with Gasteiger partial charge in [-0.1, -0.05) is 17.3 Å². The number of aryl methyl sites for hydroxylation is 2. The van der Waals surface area contributed by atoms with Crippen molar-refractivity contribution in [1.82, 2.24) is 19.6 Å². The van der Waals surface area contributed by atoms with Crippen molar-refractivity contribution in [3.63, 3.8) is 0 Å². The Morgan fingerprint density at radius 1 is 1.15 bits per heavy atom. The van der Waals surface area contributed by atoms with Crippen molar-refractivity contribution in [2.75, 3.05) is 24.3 Å². The number of rotatable bonds is 9. The second kappa shape index (κ2) is 10.1. The summed E-state index contributed by atoms with van der Waals surface area (Å²) in [5.41, 5.74) is 10.9. The molecule has 4 rings (SSSR count). The van der Waals surface area contributed by atoms with Gasteiger partial charge in [0, 0.05) is 48.4 Å². The molecule has 172 valence electrons. The Morgan fingerprint density at radius 2 is 1.97 bits per heavy atom. The van der Waals surface area contributed by atoms with Gasteiger partial charge < -0.3 is 19.8 Å². The number of fused-ring (bicyclic) bond motifs is 1. The molecule has 0 aliphatic rings. The van der Waals surface area contributed by atoms with Crippen molar-refractivity contribution < 1.29 is 14.3 Å². The number of nitrogen functional groups attached to an aromatic ring is 1. The predicted molar refractivity (Wildman–Crippen MR) is 128 cm³/mol. The lowest BCUT2D eigenvalue weighted by molar-refractivity contribution is 0.168. The number of hydrogen-bond acceptors (Lipinski definition) is 6. The molecule has 0 aliphatic heterocycles. The second-order valence-electron chi connectivity index (χ2n) is 7.48. The van der Waals surface area contributed by atoms with E-state index in [0.29, 0.717) is 18.9 Å². The number of nitrogens with one attached hydrogen (secondary N) is 1. The third-order valence-electron chi connectivity index (χ3n) is 5.34. The smallest absolute Gasteiger partial charge is 0.411 e. The van der Waals surface area contributed by atoms with Crippen molar-refractivity contribution in [3.05, 3.63) is 54.9 Å². The highest BCUT2D eigenvalue weighted by atomic mass is 16.5. The predicted octanol–water partition coefficient (Wildman–Crippen LogP) is 4.54. The van der Waals surface area contributed by atoms with E-state index >= 15 is 0 Å². The molecule has 0 atom stereocenters. The van der Waals surface area contributed by atoms with Crippen LogP contribution in [-0.4, -0.2) is 38.9 Å². The number of carbonyl (C=O) groups is 1. The van der Waals surface area contributed by atoms with Crippen molar-refractivity contribution in [2.24, 2.45) is 0 Å². The molecule has 9 nitrogen and oxygen atoms in total. The van der Waals surface area contributed by atoms with Crippen LogP contribution in [0.15, 0.2) is 54.9 Å². The van der Waals surface area contributed by atoms with Crippen LogP contribution >= 0.6 is 0 Å². The summed E-state index contributed by atoms with van der Waals surface area (Å²) in [5.74, 6) is 0.800. The number of ether oxygens (including phenoxy) is 2. The molecule has 0 spiro atoms. The maximum absolute atomic E-state index is 11.6. The Kier molecular flexibility index (Phi) is 6.77. The Bertz CT molecular complexity index is 1220. The quantitative estimate of drug-likeness (QED) is 0.364. The van der Waals surface area contributed by atoms with Gasteiger partial charge in [0.1, 0.15) is 5.75 Å². The molecule has 4 aromatic rings. The number of anilines is 2. The largest absolute Gasteiger partial charge is 0.493 e. The van der Waals surface area contributed by atoms with Gasteiger partial charge >= 0.3 is 6.09 Å². The maximum atomic E-state index is 11.6. The molecule has 0 radical (unpaired) electrons. The topological polar surface area (TPSA) is 109 Å². The van der Waals surface area contributed by atoms with Gasteiger partial charge in [-0.25, -0.2) is 4.79 Å². The summed E-state index contributed by atoms with van der Waals surface area (Å²) in [6.45, 7) is 6.27. The van der Waals surface area contributed by atoms with Crippen LogP contribution in [0.2, 0.25) is 0 Å². The summed E-state index contributed by atoms with van der Waals surface area (Å²) in [6, 6.07) is 13.6. The normalized spacial score (nSPS) is 11.0. The van der Waals surface area contributed by atoms with Crippen LogP contribution in [0.5, 0.6) is 5.75 Å². The fraction of sp³-hybridized carbons (Fsp3) is 0.292. The van der Waals surface area contributed by atoms with Crippen molar-refractivity contribution in [3.8, 4) is 17.0 Å². The first-order valence-electron chi connectivity index (χ1n) is 11.0. The molecule has 9 heteroatoms. The highest BCUT2D eigenvalue weighted by Crippen LogP contribution is 2.38. The summed E-state index contributed by atoms with van der Waals surface area (Å²) in [7, 11) is 0. The third-order valence-corrected chi connectivity index (χ3v) is 5.34. The molecule has 0 saturated carbocycles. The summed E-state index contributed by atoms with van der Waals surface area (Å²) in [6.07, 6.45) is 3.86. The zero-order valence-electron chi connectivity index (χ0n) is 18.8. The average Bonchev–Trinajstić information content (AvgIpc) is 3.43. The van der Waals surface area contributed by atoms with Gasteiger partial charge in [-0.15, -0.1) is 5.10 Å². The van der Waals surface area contributed by atoms with E-state index in [9.17, 15) is 4.79 Å². The molecule has 2 aromatic carbocycles. The maximum Gasteiger partial charge on any atom is 0.411 e. The molecule has 2 aromatic heterocycles. The molecule has 1 amide bonds. The van der Waals surface area contributed by atoms with E-state index in [1.165, 1.54) is 0 Å². The monoisotopic (exact) mass is 448 g/mol. The molecular weight excluding hydrogens is 420 g/mol. The minimum Gasteiger partial charge on any atom is -0.493 e. The van der Waals surface area contributed by atoms with Crippen LogP contribution in [0.25, 0.3) is 22.2 Å². The molecule has 0 bridgehead atoms. The van der Waals surface area contributed by atoms with Crippen LogP contribution in [0.4, 0.5) is 16.2 Å².